The zero-order valence-corrected chi connectivity index (χ0v) is 15.3. The van der Waals surface area contributed by atoms with Gasteiger partial charge in [-0.3, -0.25) is 4.90 Å². The van der Waals surface area contributed by atoms with Crippen LogP contribution in [0.4, 0.5) is 0 Å². The molecule has 0 bridgehead atoms. The molecule has 0 radical (unpaired) electrons. The summed E-state index contributed by atoms with van der Waals surface area (Å²) in [7, 11) is -0.0928. The highest BCUT2D eigenvalue weighted by Gasteiger charge is 2.22. The maximum Gasteiger partial charge on any atom is 0.246 e. The SMILES string of the molecule is COc1ccc(OC)c(CN2CCc3nc(S(C)(=O)=O)ncc3C2)c1. The van der Waals surface area contributed by atoms with Gasteiger partial charge in [-0.05, 0) is 18.2 Å². The van der Waals surface area contributed by atoms with E-state index >= 15 is 0 Å². The largest absolute Gasteiger partial charge is 0.497 e. The fraction of sp³-hybridized carbons (Fsp3) is 0.412. The second-order valence-corrected chi connectivity index (χ2v) is 7.94. The molecule has 0 fully saturated rings. The lowest BCUT2D eigenvalue weighted by Crippen LogP contribution is -2.31. The lowest BCUT2D eigenvalue weighted by atomic mass is 10.1. The highest BCUT2D eigenvalue weighted by atomic mass is 32.2. The Morgan fingerprint density at radius 3 is 2.72 bits per heavy atom. The molecule has 8 heteroatoms. The number of hydrogen-bond acceptors (Lipinski definition) is 7. The number of aromatic nitrogens is 2. The fourth-order valence-electron chi connectivity index (χ4n) is 2.92. The van der Waals surface area contributed by atoms with Gasteiger partial charge in [-0.25, -0.2) is 18.4 Å². The van der Waals surface area contributed by atoms with Gasteiger partial charge in [0.1, 0.15) is 11.5 Å². The minimum Gasteiger partial charge on any atom is -0.497 e. The van der Waals surface area contributed by atoms with E-state index in [1.807, 2.05) is 18.2 Å². The Bertz CT molecular complexity index is 883. The summed E-state index contributed by atoms with van der Waals surface area (Å²) >= 11 is 0. The molecule has 0 aliphatic carbocycles. The molecule has 0 saturated heterocycles. The molecule has 134 valence electrons. The van der Waals surface area contributed by atoms with E-state index in [1.165, 1.54) is 0 Å². The Morgan fingerprint density at radius 2 is 2.04 bits per heavy atom. The molecule has 0 N–H and O–H groups in total. The number of sulfone groups is 1. The molecule has 0 amide bonds. The van der Waals surface area contributed by atoms with E-state index in [0.717, 1.165) is 41.1 Å². The van der Waals surface area contributed by atoms with Crippen LogP contribution < -0.4 is 9.47 Å². The second-order valence-electron chi connectivity index (χ2n) is 6.04. The van der Waals surface area contributed by atoms with Crippen molar-refractivity contribution in [3.8, 4) is 11.5 Å². The van der Waals surface area contributed by atoms with Crippen LogP contribution in [0.1, 0.15) is 16.8 Å². The van der Waals surface area contributed by atoms with Crippen molar-refractivity contribution in [2.45, 2.75) is 24.7 Å². The first-order valence-electron chi connectivity index (χ1n) is 7.89. The van der Waals surface area contributed by atoms with Gasteiger partial charge in [0.05, 0.1) is 19.9 Å². The van der Waals surface area contributed by atoms with Gasteiger partial charge in [0.2, 0.25) is 15.0 Å². The van der Waals surface area contributed by atoms with Crippen molar-refractivity contribution in [2.75, 3.05) is 27.0 Å². The third-order valence-corrected chi connectivity index (χ3v) is 5.06. The lowest BCUT2D eigenvalue weighted by molar-refractivity contribution is 0.238. The predicted molar refractivity (Wildman–Crippen MR) is 92.5 cm³/mol. The number of rotatable bonds is 5. The van der Waals surface area contributed by atoms with Gasteiger partial charge in [-0.2, -0.15) is 0 Å². The molecular formula is C17H21N3O4S. The number of fused-ring (bicyclic) bond motifs is 1. The van der Waals surface area contributed by atoms with Crippen LogP contribution in [-0.2, 0) is 29.3 Å². The number of ether oxygens (including phenoxy) is 2. The highest BCUT2D eigenvalue weighted by molar-refractivity contribution is 7.90. The minimum atomic E-state index is -3.38. The van der Waals surface area contributed by atoms with Crippen LogP contribution in [-0.4, -0.2) is 50.3 Å². The number of nitrogens with zero attached hydrogens (tertiary/aromatic N) is 3. The summed E-state index contributed by atoms with van der Waals surface area (Å²) in [4.78, 5) is 10.5. The quantitative estimate of drug-likeness (QED) is 0.744. The van der Waals surface area contributed by atoms with Crippen molar-refractivity contribution in [3.63, 3.8) is 0 Å². The van der Waals surface area contributed by atoms with Crippen molar-refractivity contribution < 1.29 is 17.9 Å². The van der Waals surface area contributed by atoms with Crippen molar-refractivity contribution in [1.82, 2.24) is 14.9 Å². The summed E-state index contributed by atoms with van der Waals surface area (Å²) in [5, 5.41) is -0.103. The Kier molecular flexibility index (Phi) is 4.91. The van der Waals surface area contributed by atoms with E-state index in [9.17, 15) is 8.42 Å². The third-order valence-electron chi connectivity index (χ3n) is 4.20. The maximum absolute atomic E-state index is 11.6. The third kappa shape index (κ3) is 3.91. The summed E-state index contributed by atoms with van der Waals surface area (Å²) in [6, 6.07) is 5.74. The van der Waals surface area contributed by atoms with E-state index in [4.69, 9.17) is 9.47 Å². The highest BCUT2D eigenvalue weighted by Crippen LogP contribution is 2.27. The number of methoxy groups -OCH3 is 2. The van der Waals surface area contributed by atoms with Gasteiger partial charge >= 0.3 is 0 Å². The van der Waals surface area contributed by atoms with Crippen molar-refractivity contribution in [1.29, 1.82) is 0 Å². The van der Waals surface area contributed by atoms with Gasteiger partial charge in [0.15, 0.2) is 0 Å². The summed E-state index contributed by atoms with van der Waals surface area (Å²) in [5.41, 5.74) is 2.81. The Balaban J connectivity index is 1.80. The van der Waals surface area contributed by atoms with Crippen LogP contribution in [0.3, 0.4) is 0 Å². The molecule has 0 saturated carbocycles. The van der Waals surface area contributed by atoms with E-state index in [2.05, 4.69) is 14.9 Å². The molecule has 0 unspecified atom stereocenters. The van der Waals surface area contributed by atoms with Gasteiger partial charge in [0.25, 0.3) is 0 Å². The van der Waals surface area contributed by atoms with E-state index < -0.39 is 9.84 Å². The predicted octanol–water partition coefficient (Wildman–Crippen LogP) is 1.46. The van der Waals surface area contributed by atoms with Gasteiger partial charge in [-0.15, -0.1) is 0 Å². The monoisotopic (exact) mass is 363 g/mol. The second kappa shape index (κ2) is 6.97. The Morgan fingerprint density at radius 1 is 1.24 bits per heavy atom. The molecule has 25 heavy (non-hydrogen) atoms. The topological polar surface area (TPSA) is 81.6 Å². The molecule has 1 aliphatic heterocycles. The average Bonchev–Trinajstić information content (AvgIpc) is 2.60. The van der Waals surface area contributed by atoms with Crippen LogP contribution in [0.5, 0.6) is 11.5 Å². The molecule has 7 nitrogen and oxygen atoms in total. The molecule has 2 heterocycles. The standard InChI is InChI=1S/C17H21N3O4S/c1-23-14-4-5-16(24-2)12(8-14)10-20-7-6-15-13(11-20)9-18-17(19-15)25(3,21)22/h4-5,8-9H,6-7,10-11H2,1-3H3. The molecular weight excluding hydrogens is 342 g/mol. The molecule has 0 spiro atoms. The molecule has 1 aromatic heterocycles. The molecule has 0 atom stereocenters. The first-order valence-corrected chi connectivity index (χ1v) is 9.78. The van der Waals surface area contributed by atoms with Crippen LogP contribution >= 0.6 is 0 Å². The normalized spacial score (nSPS) is 14.8. The smallest absolute Gasteiger partial charge is 0.246 e. The summed E-state index contributed by atoms with van der Waals surface area (Å²) < 4.78 is 33.9. The van der Waals surface area contributed by atoms with E-state index in [0.29, 0.717) is 19.5 Å². The zero-order valence-electron chi connectivity index (χ0n) is 14.5. The van der Waals surface area contributed by atoms with Crippen molar-refractivity contribution in [2.24, 2.45) is 0 Å². The van der Waals surface area contributed by atoms with Gasteiger partial charge in [-0.1, -0.05) is 0 Å². The minimum absolute atomic E-state index is 0.103. The molecule has 3 rings (SSSR count). The Labute approximate surface area is 147 Å². The van der Waals surface area contributed by atoms with Crippen LogP contribution in [0, 0.1) is 0 Å². The van der Waals surface area contributed by atoms with Crippen molar-refractivity contribution in [3.05, 3.63) is 41.2 Å². The first-order chi connectivity index (χ1) is 11.9. The van der Waals surface area contributed by atoms with Gasteiger partial charge < -0.3 is 9.47 Å². The molecule has 1 aromatic carbocycles. The van der Waals surface area contributed by atoms with Crippen LogP contribution in [0.15, 0.2) is 29.6 Å². The number of hydrogen-bond donors (Lipinski definition) is 0. The van der Waals surface area contributed by atoms with E-state index in [1.54, 1.807) is 20.4 Å². The summed E-state index contributed by atoms with van der Waals surface area (Å²) in [6.45, 7) is 2.15. The van der Waals surface area contributed by atoms with Crippen LogP contribution in [0.25, 0.3) is 0 Å². The molecule has 1 aliphatic rings. The zero-order chi connectivity index (χ0) is 18.0. The average molecular weight is 363 g/mol. The molecule has 2 aromatic rings. The van der Waals surface area contributed by atoms with Crippen molar-refractivity contribution >= 4 is 9.84 Å². The summed E-state index contributed by atoms with van der Waals surface area (Å²) in [6.07, 6.45) is 3.43. The fourth-order valence-corrected chi connectivity index (χ4v) is 3.44. The Hall–Kier alpha value is -2.19. The summed E-state index contributed by atoms with van der Waals surface area (Å²) in [5.74, 6) is 1.60. The maximum atomic E-state index is 11.6. The van der Waals surface area contributed by atoms with Crippen LogP contribution in [0.2, 0.25) is 0 Å². The van der Waals surface area contributed by atoms with Gasteiger partial charge in [0, 0.05) is 49.6 Å². The number of benzene rings is 1. The van der Waals surface area contributed by atoms with E-state index in [-0.39, 0.29) is 5.16 Å². The lowest BCUT2D eigenvalue weighted by Gasteiger charge is -2.28. The first kappa shape index (κ1) is 17.6.